The van der Waals surface area contributed by atoms with Crippen molar-refractivity contribution in [3.63, 3.8) is 0 Å². The lowest BCUT2D eigenvalue weighted by Crippen LogP contribution is -2.27. The summed E-state index contributed by atoms with van der Waals surface area (Å²) in [7, 11) is 1.59. The minimum Gasteiger partial charge on any atom is -0.379 e. The van der Waals surface area contributed by atoms with E-state index in [4.69, 9.17) is 16.3 Å². The van der Waals surface area contributed by atoms with Crippen LogP contribution in [0.15, 0.2) is 23.3 Å². The summed E-state index contributed by atoms with van der Waals surface area (Å²) in [4.78, 5) is 12.3. The molecular formula is C15H18ClFN2O2. The summed E-state index contributed by atoms with van der Waals surface area (Å²) in [5.74, 6) is -0.583. The molecule has 21 heavy (non-hydrogen) atoms. The van der Waals surface area contributed by atoms with Crippen LogP contribution in [0.3, 0.4) is 0 Å². The molecule has 0 aromatic heterocycles. The maximum atomic E-state index is 13.2. The molecule has 6 heteroatoms. The SMILES string of the molecule is COC/C1=N/N(c2ccc(F)cc2Cl)C(=O)CCCCC1. The second-order valence-corrected chi connectivity index (χ2v) is 5.37. The number of hydrazone groups is 1. The number of methoxy groups -OCH3 is 1. The molecule has 1 aromatic carbocycles. The molecule has 114 valence electrons. The lowest BCUT2D eigenvalue weighted by Gasteiger charge is -2.19. The Labute approximate surface area is 128 Å². The lowest BCUT2D eigenvalue weighted by atomic mass is 10.1. The zero-order valence-electron chi connectivity index (χ0n) is 11.9. The number of amides is 1. The third-order valence-electron chi connectivity index (χ3n) is 3.28. The van der Waals surface area contributed by atoms with Crippen molar-refractivity contribution < 1.29 is 13.9 Å². The van der Waals surface area contributed by atoms with Crippen LogP contribution in [-0.2, 0) is 9.53 Å². The molecule has 1 heterocycles. The topological polar surface area (TPSA) is 41.9 Å². The van der Waals surface area contributed by atoms with Crippen LogP contribution in [0, 0.1) is 5.82 Å². The zero-order chi connectivity index (χ0) is 15.2. The number of anilines is 1. The maximum absolute atomic E-state index is 13.2. The fraction of sp³-hybridized carbons (Fsp3) is 0.467. The molecule has 0 radical (unpaired) electrons. The van der Waals surface area contributed by atoms with Crippen LogP contribution < -0.4 is 5.01 Å². The average molecular weight is 313 g/mol. The number of hydrogen-bond donors (Lipinski definition) is 0. The first-order valence-electron chi connectivity index (χ1n) is 6.95. The van der Waals surface area contributed by atoms with E-state index in [2.05, 4.69) is 5.10 Å². The van der Waals surface area contributed by atoms with Crippen LogP contribution in [-0.4, -0.2) is 25.3 Å². The van der Waals surface area contributed by atoms with Crippen LogP contribution in [0.4, 0.5) is 10.1 Å². The van der Waals surface area contributed by atoms with E-state index in [1.54, 1.807) is 7.11 Å². The lowest BCUT2D eigenvalue weighted by molar-refractivity contribution is -0.118. The van der Waals surface area contributed by atoms with Crippen LogP contribution in [0.1, 0.15) is 32.1 Å². The van der Waals surface area contributed by atoms with Gasteiger partial charge in [0.05, 0.1) is 23.0 Å². The number of halogens is 2. The third kappa shape index (κ3) is 4.25. The molecular weight excluding hydrogens is 295 g/mol. The fourth-order valence-electron chi connectivity index (χ4n) is 2.24. The van der Waals surface area contributed by atoms with Gasteiger partial charge in [-0.25, -0.2) is 4.39 Å². The van der Waals surface area contributed by atoms with Crippen molar-refractivity contribution in [1.29, 1.82) is 0 Å². The highest BCUT2D eigenvalue weighted by molar-refractivity contribution is 6.33. The molecule has 2 rings (SSSR count). The Bertz CT molecular complexity index is 548. The summed E-state index contributed by atoms with van der Waals surface area (Å²) in [6.07, 6.45) is 3.93. The molecule has 0 unspecified atom stereocenters. The van der Waals surface area contributed by atoms with Crippen molar-refractivity contribution in [1.82, 2.24) is 0 Å². The Morgan fingerprint density at radius 1 is 1.33 bits per heavy atom. The monoisotopic (exact) mass is 312 g/mol. The highest BCUT2D eigenvalue weighted by atomic mass is 35.5. The van der Waals surface area contributed by atoms with Crippen molar-refractivity contribution in [3.8, 4) is 0 Å². The average Bonchev–Trinajstić information content (AvgIpc) is 2.52. The summed E-state index contributed by atoms with van der Waals surface area (Å²) >= 11 is 6.05. The van der Waals surface area contributed by atoms with Gasteiger partial charge in [0.2, 0.25) is 5.91 Å². The Kier molecular flexibility index (Phi) is 5.70. The van der Waals surface area contributed by atoms with Crippen molar-refractivity contribution in [2.45, 2.75) is 32.1 Å². The number of carbonyl (C=O) groups is 1. The number of carbonyl (C=O) groups excluding carboxylic acids is 1. The van der Waals surface area contributed by atoms with E-state index in [1.165, 1.54) is 23.2 Å². The van der Waals surface area contributed by atoms with Gasteiger partial charge in [0, 0.05) is 13.5 Å². The number of rotatable bonds is 3. The van der Waals surface area contributed by atoms with Crippen molar-refractivity contribution >= 4 is 28.9 Å². The van der Waals surface area contributed by atoms with E-state index in [1.807, 2.05) is 0 Å². The molecule has 1 aliphatic rings. The number of hydrogen-bond acceptors (Lipinski definition) is 3. The van der Waals surface area contributed by atoms with Crippen LogP contribution >= 0.6 is 11.6 Å². The van der Waals surface area contributed by atoms with E-state index in [0.29, 0.717) is 18.7 Å². The van der Waals surface area contributed by atoms with Gasteiger partial charge >= 0.3 is 0 Å². The number of nitrogens with zero attached hydrogens (tertiary/aromatic N) is 2. The molecule has 0 saturated heterocycles. The molecule has 0 N–H and O–H groups in total. The van der Waals surface area contributed by atoms with Crippen molar-refractivity contribution in [3.05, 3.63) is 29.0 Å². The molecule has 1 aliphatic heterocycles. The predicted octanol–water partition coefficient (Wildman–Crippen LogP) is 3.78. The fourth-order valence-corrected chi connectivity index (χ4v) is 2.49. The Morgan fingerprint density at radius 3 is 2.81 bits per heavy atom. The van der Waals surface area contributed by atoms with Gasteiger partial charge in [-0.2, -0.15) is 10.1 Å². The molecule has 1 aromatic rings. The van der Waals surface area contributed by atoms with Gasteiger partial charge in [0.15, 0.2) is 0 Å². The number of benzene rings is 1. The quantitative estimate of drug-likeness (QED) is 0.852. The van der Waals surface area contributed by atoms with Gasteiger partial charge in [-0.05, 0) is 37.5 Å². The summed E-state index contributed by atoms with van der Waals surface area (Å²) in [6.45, 7) is 0.364. The third-order valence-corrected chi connectivity index (χ3v) is 3.59. The first-order valence-corrected chi connectivity index (χ1v) is 7.33. The van der Waals surface area contributed by atoms with E-state index in [9.17, 15) is 9.18 Å². The van der Waals surface area contributed by atoms with Gasteiger partial charge in [-0.15, -0.1) is 0 Å². The molecule has 0 bridgehead atoms. The zero-order valence-corrected chi connectivity index (χ0v) is 12.7. The normalized spacial score (nSPS) is 19.5. The van der Waals surface area contributed by atoms with E-state index < -0.39 is 5.82 Å². The number of ether oxygens (including phenoxy) is 1. The van der Waals surface area contributed by atoms with Gasteiger partial charge in [-0.3, -0.25) is 4.79 Å². The van der Waals surface area contributed by atoms with Gasteiger partial charge in [-0.1, -0.05) is 18.0 Å². The summed E-state index contributed by atoms with van der Waals surface area (Å²) in [5, 5.41) is 5.84. The van der Waals surface area contributed by atoms with Gasteiger partial charge < -0.3 is 4.74 Å². The maximum Gasteiger partial charge on any atom is 0.247 e. The first kappa shape index (κ1) is 15.9. The molecule has 0 atom stereocenters. The van der Waals surface area contributed by atoms with E-state index in [0.717, 1.165) is 31.4 Å². The van der Waals surface area contributed by atoms with Gasteiger partial charge in [0.25, 0.3) is 0 Å². The van der Waals surface area contributed by atoms with E-state index in [-0.39, 0.29) is 10.9 Å². The Balaban J connectivity index is 2.39. The smallest absolute Gasteiger partial charge is 0.247 e. The van der Waals surface area contributed by atoms with Crippen molar-refractivity contribution in [2.75, 3.05) is 18.7 Å². The second kappa shape index (κ2) is 7.52. The molecule has 0 saturated carbocycles. The molecule has 0 fully saturated rings. The summed E-state index contributed by atoms with van der Waals surface area (Å²) < 4.78 is 18.3. The highest BCUT2D eigenvalue weighted by Gasteiger charge is 2.20. The van der Waals surface area contributed by atoms with Crippen LogP contribution in [0.25, 0.3) is 0 Å². The van der Waals surface area contributed by atoms with Crippen LogP contribution in [0.5, 0.6) is 0 Å². The van der Waals surface area contributed by atoms with Crippen molar-refractivity contribution in [2.24, 2.45) is 5.10 Å². The minimum atomic E-state index is -0.443. The summed E-state index contributed by atoms with van der Waals surface area (Å²) in [6, 6.07) is 3.93. The molecule has 4 nitrogen and oxygen atoms in total. The Morgan fingerprint density at radius 2 is 2.10 bits per heavy atom. The standard InChI is InChI=1S/C15H18ClFN2O2/c1-21-10-12-5-3-2-4-6-15(20)19(18-12)14-8-7-11(17)9-13(14)16/h7-9H,2-6,10H2,1H3/b18-12+. The van der Waals surface area contributed by atoms with Gasteiger partial charge in [0.1, 0.15) is 5.82 Å². The summed E-state index contributed by atoms with van der Waals surface area (Å²) in [5.41, 5.74) is 1.19. The molecule has 0 aliphatic carbocycles. The highest BCUT2D eigenvalue weighted by Crippen LogP contribution is 2.28. The van der Waals surface area contributed by atoms with E-state index >= 15 is 0 Å². The second-order valence-electron chi connectivity index (χ2n) is 4.96. The minimum absolute atomic E-state index is 0.140. The Hall–Kier alpha value is -1.46. The molecule has 0 spiro atoms. The van der Waals surface area contributed by atoms with Crippen LogP contribution in [0.2, 0.25) is 5.02 Å². The largest absolute Gasteiger partial charge is 0.379 e. The predicted molar refractivity (Wildman–Crippen MR) is 81.3 cm³/mol. The molecule has 1 amide bonds. The first-order chi connectivity index (χ1) is 10.1.